The first-order valence-electron chi connectivity index (χ1n) is 9.31. The van der Waals surface area contributed by atoms with Crippen molar-refractivity contribution in [1.82, 2.24) is 9.55 Å². The highest BCUT2D eigenvalue weighted by Gasteiger charge is 2.20. The molecule has 5 heteroatoms. The first-order valence-corrected chi connectivity index (χ1v) is 9.31. The minimum absolute atomic E-state index is 0.0730. The van der Waals surface area contributed by atoms with Crippen LogP contribution in [0.1, 0.15) is 19.8 Å². The van der Waals surface area contributed by atoms with Gasteiger partial charge in [0.1, 0.15) is 0 Å². The number of carbonyl (C=O) groups is 1. The number of nitrogens with one attached hydrogen (secondary N) is 1. The normalized spacial score (nSPS) is 16.4. The van der Waals surface area contributed by atoms with Crippen molar-refractivity contribution in [3.8, 4) is 22.5 Å². The summed E-state index contributed by atoms with van der Waals surface area (Å²) in [6.07, 6.45) is 4.34. The molecule has 1 N–H and O–H groups in total. The summed E-state index contributed by atoms with van der Waals surface area (Å²) in [4.78, 5) is 16.0. The molecule has 5 nitrogen and oxygen atoms in total. The number of ether oxygens (including phenoxy) is 1. The quantitative estimate of drug-likeness (QED) is 0.735. The van der Waals surface area contributed by atoms with Crippen LogP contribution in [0, 0.1) is 0 Å². The predicted octanol–water partition coefficient (Wildman–Crippen LogP) is 4.35. The van der Waals surface area contributed by atoms with Gasteiger partial charge in [0.25, 0.3) is 0 Å². The van der Waals surface area contributed by atoms with Crippen molar-refractivity contribution in [3.05, 3.63) is 60.9 Å². The number of amides is 1. The van der Waals surface area contributed by atoms with Crippen LogP contribution in [0.2, 0.25) is 0 Å². The summed E-state index contributed by atoms with van der Waals surface area (Å²) in [7, 11) is 0. The van der Waals surface area contributed by atoms with Crippen molar-refractivity contribution in [2.75, 3.05) is 11.9 Å². The van der Waals surface area contributed by atoms with Gasteiger partial charge < -0.3 is 14.6 Å². The zero-order valence-electron chi connectivity index (χ0n) is 15.4. The Bertz CT molecular complexity index is 910. The Balaban J connectivity index is 1.73. The first kappa shape index (κ1) is 17.5. The Morgan fingerprint density at radius 2 is 1.93 bits per heavy atom. The van der Waals surface area contributed by atoms with Crippen molar-refractivity contribution in [3.63, 3.8) is 0 Å². The van der Waals surface area contributed by atoms with Gasteiger partial charge in [0, 0.05) is 30.3 Å². The molecule has 1 saturated heterocycles. The topological polar surface area (TPSA) is 56.2 Å². The molecule has 2 aromatic carbocycles. The SMILES string of the molecule is CC(=O)Nc1ccc(-c2c(-c3ccccc3)ncn2C[C@@H]2CCCO2)cc1. The summed E-state index contributed by atoms with van der Waals surface area (Å²) in [5, 5.41) is 2.82. The fourth-order valence-corrected chi connectivity index (χ4v) is 3.55. The number of hydrogen-bond acceptors (Lipinski definition) is 3. The second kappa shape index (κ2) is 7.76. The highest BCUT2D eigenvalue weighted by atomic mass is 16.5. The minimum atomic E-state index is -0.0730. The molecular formula is C22H23N3O2. The van der Waals surface area contributed by atoms with Crippen LogP contribution in [-0.4, -0.2) is 28.2 Å². The van der Waals surface area contributed by atoms with Gasteiger partial charge in [-0.05, 0) is 25.0 Å². The van der Waals surface area contributed by atoms with Crippen LogP contribution in [0.3, 0.4) is 0 Å². The molecule has 1 amide bonds. The molecule has 3 aromatic rings. The smallest absolute Gasteiger partial charge is 0.221 e. The van der Waals surface area contributed by atoms with Gasteiger partial charge in [-0.2, -0.15) is 0 Å². The highest BCUT2D eigenvalue weighted by Crippen LogP contribution is 2.32. The number of hydrogen-bond donors (Lipinski definition) is 1. The lowest BCUT2D eigenvalue weighted by Crippen LogP contribution is -2.15. The van der Waals surface area contributed by atoms with Crippen LogP contribution in [0.5, 0.6) is 0 Å². The second-order valence-corrected chi connectivity index (χ2v) is 6.85. The van der Waals surface area contributed by atoms with Crippen LogP contribution in [0.15, 0.2) is 60.9 Å². The lowest BCUT2D eigenvalue weighted by molar-refractivity contribution is -0.114. The summed E-state index contributed by atoms with van der Waals surface area (Å²) in [6, 6.07) is 18.1. The van der Waals surface area contributed by atoms with E-state index in [1.54, 1.807) is 0 Å². The maximum absolute atomic E-state index is 11.3. The average Bonchev–Trinajstić information content (AvgIpc) is 3.33. The van der Waals surface area contributed by atoms with Gasteiger partial charge in [-0.1, -0.05) is 42.5 Å². The molecule has 1 aliphatic heterocycles. The summed E-state index contributed by atoms with van der Waals surface area (Å²) in [5.41, 5.74) is 4.98. The molecule has 27 heavy (non-hydrogen) atoms. The summed E-state index contributed by atoms with van der Waals surface area (Å²) in [6.45, 7) is 3.15. The number of imidazole rings is 1. The fourth-order valence-electron chi connectivity index (χ4n) is 3.55. The van der Waals surface area contributed by atoms with E-state index in [-0.39, 0.29) is 12.0 Å². The Labute approximate surface area is 159 Å². The van der Waals surface area contributed by atoms with Crippen molar-refractivity contribution in [2.24, 2.45) is 0 Å². The molecule has 0 spiro atoms. The van der Waals surface area contributed by atoms with E-state index in [1.165, 1.54) is 6.92 Å². The van der Waals surface area contributed by atoms with E-state index in [4.69, 9.17) is 9.72 Å². The number of carbonyl (C=O) groups excluding carboxylic acids is 1. The van der Waals surface area contributed by atoms with E-state index in [1.807, 2.05) is 48.8 Å². The maximum Gasteiger partial charge on any atom is 0.221 e. The Kier molecular flexibility index (Phi) is 5.03. The third-order valence-corrected chi connectivity index (χ3v) is 4.79. The molecule has 4 rings (SSSR count). The third kappa shape index (κ3) is 3.93. The van der Waals surface area contributed by atoms with Gasteiger partial charge in [-0.25, -0.2) is 4.98 Å². The summed E-state index contributed by atoms with van der Waals surface area (Å²) >= 11 is 0. The molecule has 0 saturated carbocycles. The van der Waals surface area contributed by atoms with Gasteiger partial charge in [0.2, 0.25) is 5.91 Å². The molecular weight excluding hydrogens is 338 g/mol. The van der Waals surface area contributed by atoms with E-state index >= 15 is 0 Å². The molecule has 1 aromatic heterocycles. The van der Waals surface area contributed by atoms with E-state index in [2.05, 4.69) is 22.0 Å². The Hall–Kier alpha value is -2.92. The molecule has 2 heterocycles. The van der Waals surface area contributed by atoms with Gasteiger partial charge >= 0.3 is 0 Å². The molecule has 1 aliphatic rings. The van der Waals surface area contributed by atoms with Crippen LogP contribution in [-0.2, 0) is 16.1 Å². The molecule has 0 unspecified atom stereocenters. The van der Waals surface area contributed by atoms with Crippen LogP contribution >= 0.6 is 0 Å². The standard InChI is InChI=1S/C22H23N3O2/c1-16(26)24-19-11-9-18(10-12-19)22-21(17-6-3-2-4-7-17)23-15-25(22)14-20-8-5-13-27-20/h2-4,6-7,9-12,15,20H,5,8,13-14H2,1H3,(H,24,26)/t20-/m0/s1. The van der Waals surface area contributed by atoms with Crippen LogP contribution < -0.4 is 5.32 Å². The highest BCUT2D eigenvalue weighted by molar-refractivity contribution is 5.89. The first-order chi connectivity index (χ1) is 13.2. The van der Waals surface area contributed by atoms with Crippen LogP contribution in [0.4, 0.5) is 5.69 Å². The molecule has 0 bridgehead atoms. The Morgan fingerprint density at radius 1 is 1.15 bits per heavy atom. The monoisotopic (exact) mass is 361 g/mol. The molecule has 0 radical (unpaired) electrons. The van der Waals surface area contributed by atoms with Gasteiger partial charge in [-0.3, -0.25) is 4.79 Å². The van der Waals surface area contributed by atoms with E-state index in [0.717, 1.165) is 54.2 Å². The van der Waals surface area contributed by atoms with Crippen molar-refractivity contribution in [1.29, 1.82) is 0 Å². The number of nitrogens with zero attached hydrogens (tertiary/aromatic N) is 2. The van der Waals surface area contributed by atoms with E-state index < -0.39 is 0 Å². The fraction of sp³-hybridized carbons (Fsp3) is 0.273. The molecule has 1 fully saturated rings. The molecule has 138 valence electrons. The lowest BCUT2D eigenvalue weighted by Gasteiger charge is -2.15. The zero-order valence-corrected chi connectivity index (χ0v) is 15.4. The van der Waals surface area contributed by atoms with Crippen molar-refractivity contribution < 1.29 is 9.53 Å². The zero-order chi connectivity index (χ0) is 18.6. The van der Waals surface area contributed by atoms with Gasteiger partial charge in [-0.15, -0.1) is 0 Å². The molecule has 0 aliphatic carbocycles. The van der Waals surface area contributed by atoms with E-state index in [0.29, 0.717) is 0 Å². The largest absolute Gasteiger partial charge is 0.376 e. The summed E-state index contributed by atoms with van der Waals surface area (Å²) < 4.78 is 8.02. The number of anilines is 1. The second-order valence-electron chi connectivity index (χ2n) is 6.85. The molecule has 1 atom stereocenters. The third-order valence-electron chi connectivity index (χ3n) is 4.79. The van der Waals surface area contributed by atoms with Gasteiger partial charge in [0.05, 0.1) is 30.4 Å². The number of rotatable bonds is 5. The maximum atomic E-state index is 11.3. The van der Waals surface area contributed by atoms with Crippen molar-refractivity contribution >= 4 is 11.6 Å². The predicted molar refractivity (Wildman–Crippen MR) is 106 cm³/mol. The Morgan fingerprint density at radius 3 is 2.59 bits per heavy atom. The minimum Gasteiger partial charge on any atom is -0.376 e. The van der Waals surface area contributed by atoms with Gasteiger partial charge in [0.15, 0.2) is 0 Å². The summed E-state index contributed by atoms with van der Waals surface area (Å²) in [5.74, 6) is -0.0730. The number of benzene rings is 2. The lowest BCUT2D eigenvalue weighted by atomic mass is 10.0. The van der Waals surface area contributed by atoms with E-state index in [9.17, 15) is 4.79 Å². The van der Waals surface area contributed by atoms with Crippen molar-refractivity contribution in [2.45, 2.75) is 32.4 Å². The number of aromatic nitrogens is 2. The van der Waals surface area contributed by atoms with Crippen LogP contribution in [0.25, 0.3) is 22.5 Å². The average molecular weight is 361 g/mol.